The average Bonchev–Trinajstić information content (AvgIpc) is 2.79. The molecule has 0 saturated carbocycles. The van der Waals surface area contributed by atoms with Gasteiger partial charge in [-0.2, -0.15) is 0 Å². The van der Waals surface area contributed by atoms with Crippen molar-refractivity contribution in [3.8, 4) is 0 Å². The maximum atomic E-state index is 12.1. The van der Waals surface area contributed by atoms with Crippen LogP contribution in [0.2, 0.25) is 0 Å². The second-order valence-corrected chi connectivity index (χ2v) is 4.75. The Morgan fingerprint density at radius 3 is 2.86 bits per heavy atom. The fraction of sp³-hybridized carbons (Fsp3) is 0.125. The number of amides is 2. The van der Waals surface area contributed by atoms with Gasteiger partial charge in [0.15, 0.2) is 5.76 Å². The Morgan fingerprint density at radius 2 is 2.05 bits per heavy atom. The van der Waals surface area contributed by atoms with Crippen LogP contribution in [0.1, 0.15) is 12.0 Å². The van der Waals surface area contributed by atoms with E-state index in [-0.39, 0.29) is 18.7 Å². The molecule has 1 aromatic heterocycles. The number of carbonyl (C=O) groups excluding carboxylic acids is 3. The van der Waals surface area contributed by atoms with E-state index in [1.165, 1.54) is 6.08 Å². The van der Waals surface area contributed by atoms with Crippen LogP contribution in [0.4, 0.5) is 4.79 Å². The van der Waals surface area contributed by atoms with E-state index < -0.39 is 12.0 Å². The monoisotopic (exact) mass is 296 g/mol. The molecular formula is C16H12N2O4. The number of ether oxygens (including phenoxy) is 1. The van der Waals surface area contributed by atoms with Gasteiger partial charge >= 0.3 is 6.09 Å². The van der Waals surface area contributed by atoms with Crippen LogP contribution in [-0.4, -0.2) is 34.7 Å². The zero-order valence-electron chi connectivity index (χ0n) is 11.6. The Labute approximate surface area is 126 Å². The number of benzene rings is 1. The van der Waals surface area contributed by atoms with Crippen LogP contribution in [0.3, 0.4) is 0 Å². The molecule has 2 aromatic rings. The molecule has 1 aliphatic heterocycles. The Bertz CT molecular complexity index is 798. The Hall–Kier alpha value is -3.02. The third-order valence-corrected chi connectivity index (χ3v) is 3.25. The van der Waals surface area contributed by atoms with Crippen LogP contribution < -0.4 is 0 Å². The summed E-state index contributed by atoms with van der Waals surface area (Å²) in [6.07, 6.45) is 3.05. The number of aldehydes is 1. The summed E-state index contributed by atoms with van der Waals surface area (Å²) >= 11 is 0. The van der Waals surface area contributed by atoms with E-state index in [9.17, 15) is 14.4 Å². The summed E-state index contributed by atoms with van der Waals surface area (Å²) in [6.45, 7) is 0.0223. The minimum Gasteiger partial charge on any atom is -0.404 e. The summed E-state index contributed by atoms with van der Waals surface area (Å²) in [7, 11) is 0. The number of hydrogen-bond donors (Lipinski definition) is 0. The third kappa shape index (κ3) is 2.58. The zero-order valence-corrected chi connectivity index (χ0v) is 11.6. The maximum absolute atomic E-state index is 12.1. The number of rotatable bonds is 4. The van der Waals surface area contributed by atoms with Crippen molar-refractivity contribution in [1.29, 1.82) is 0 Å². The molecule has 6 heteroatoms. The standard InChI is InChI=1S/C16H12N2O4/c19-7-3-6-18-15(20)14(22-16(18)21)9-11-8-12-4-1-2-5-13(12)17-10-11/h1-2,4-5,7-10H,3,6H2/b14-9+. The molecule has 0 atom stereocenters. The van der Waals surface area contributed by atoms with Gasteiger partial charge in [0.05, 0.1) is 5.52 Å². The molecule has 3 rings (SSSR count). The SMILES string of the molecule is O=CCCN1C(=O)O/C(=C/c2cnc3ccccc3c2)C1=O. The van der Waals surface area contributed by atoms with Crippen LogP contribution in [-0.2, 0) is 14.3 Å². The smallest absolute Gasteiger partial charge is 0.404 e. The van der Waals surface area contributed by atoms with E-state index in [1.54, 1.807) is 6.20 Å². The van der Waals surface area contributed by atoms with Crippen molar-refractivity contribution in [3.63, 3.8) is 0 Å². The second-order valence-electron chi connectivity index (χ2n) is 4.75. The van der Waals surface area contributed by atoms with E-state index >= 15 is 0 Å². The summed E-state index contributed by atoms with van der Waals surface area (Å²) in [5.41, 5.74) is 1.50. The normalized spacial score (nSPS) is 16.4. The van der Waals surface area contributed by atoms with Gasteiger partial charge in [0.1, 0.15) is 6.29 Å². The maximum Gasteiger partial charge on any atom is 0.422 e. The van der Waals surface area contributed by atoms with Crippen LogP contribution in [0.25, 0.3) is 17.0 Å². The van der Waals surface area contributed by atoms with Gasteiger partial charge in [-0.05, 0) is 23.8 Å². The average molecular weight is 296 g/mol. The summed E-state index contributed by atoms with van der Waals surface area (Å²) < 4.78 is 4.95. The zero-order chi connectivity index (χ0) is 15.5. The summed E-state index contributed by atoms with van der Waals surface area (Å²) in [5, 5.41) is 0.923. The van der Waals surface area contributed by atoms with Gasteiger partial charge in [-0.1, -0.05) is 18.2 Å². The number of cyclic esters (lactones) is 1. The number of nitrogens with zero attached hydrogens (tertiary/aromatic N) is 2. The lowest BCUT2D eigenvalue weighted by Crippen LogP contribution is -2.29. The molecule has 6 nitrogen and oxygen atoms in total. The summed E-state index contributed by atoms with van der Waals surface area (Å²) in [6, 6.07) is 9.42. The van der Waals surface area contributed by atoms with Crippen molar-refractivity contribution in [2.24, 2.45) is 0 Å². The molecule has 2 heterocycles. The van der Waals surface area contributed by atoms with Gasteiger partial charge in [-0.15, -0.1) is 0 Å². The van der Waals surface area contributed by atoms with Crippen molar-refractivity contribution in [3.05, 3.63) is 47.9 Å². The largest absolute Gasteiger partial charge is 0.422 e. The molecule has 110 valence electrons. The lowest BCUT2D eigenvalue weighted by molar-refractivity contribution is -0.123. The fourth-order valence-electron chi connectivity index (χ4n) is 2.19. The number of carbonyl (C=O) groups is 3. The number of hydrogen-bond acceptors (Lipinski definition) is 5. The van der Waals surface area contributed by atoms with Crippen molar-refractivity contribution in [2.45, 2.75) is 6.42 Å². The Balaban J connectivity index is 1.89. The number of para-hydroxylation sites is 1. The molecule has 0 unspecified atom stereocenters. The number of imide groups is 1. The lowest BCUT2D eigenvalue weighted by Gasteiger charge is -2.06. The molecule has 1 saturated heterocycles. The molecule has 2 amide bonds. The second kappa shape index (κ2) is 5.77. The van der Waals surface area contributed by atoms with E-state index in [1.807, 2.05) is 30.3 Å². The van der Waals surface area contributed by atoms with Crippen molar-refractivity contribution in [1.82, 2.24) is 9.88 Å². The minimum atomic E-state index is -0.758. The van der Waals surface area contributed by atoms with E-state index in [0.29, 0.717) is 11.8 Å². The first kappa shape index (κ1) is 13.9. The quantitative estimate of drug-likeness (QED) is 0.638. The highest BCUT2D eigenvalue weighted by Crippen LogP contribution is 2.21. The predicted molar refractivity (Wildman–Crippen MR) is 78.6 cm³/mol. The lowest BCUT2D eigenvalue weighted by atomic mass is 10.1. The first-order chi connectivity index (χ1) is 10.7. The first-order valence-corrected chi connectivity index (χ1v) is 6.73. The van der Waals surface area contributed by atoms with Crippen molar-refractivity contribution in [2.75, 3.05) is 6.54 Å². The van der Waals surface area contributed by atoms with Crippen LogP contribution in [0.5, 0.6) is 0 Å². The molecule has 22 heavy (non-hydrogen) atoms. The van der Waals surface area contributed by atoms with Gasteiger partial charge < -0.3 is 9.53 Å². The van der Waals surface area contributed by atoms with Gasteiger partial charge in [0.25, 0.3) is 5.91 Å². The van der Waals surface area contributed by atoms with Gasteiger partial charge in [0, 0.05) is 24.5 Å². The molecule has 1 fully saturated rings. The topological polar surface area (TPSA) is 76.6 Å². The van der Waals surface area contributed by atoms with Gasteiger partial charge in [-0.3, -0.25) is 9.78 Å². The van der Waals surface area contributed by atoms with Crippen molar-refractivity contribution < 1.29 is 19.1 Å². The highest BCUT2D eigenvalue weighted by atomic mass is 16.6. The minimum absolute atomic E-state index is 0.0223. The Morgan fingerprint density at radius 1 is 1.23 bits per heavy atom. The molecule has 0 spiro atoms. The molecular weight excluding hydrogens is 284 g/mol. The third-order valence-electron chi connectivity index (χ3n) is 3.25. The van der Waals surface area contributed by atoms with Gasteiger partial charge in [-0.25, -0.2) is 9.69 Å². The van der Waals surface area contributed by atoms with E-state index in [4.69, 9.17) is 4.74 Å². The van der Waals surface area contributed by atoms with E-state index in [2.05, 4.69) is 4.98 Å². The summed E-state index contributed by atoms with van der Waals surface area (Å²) in [5.74, 6) is -0.604. The van der Waals surface area contributed by atoms with E-state index in [0.717, 1.165) is 15.8 Å². The molecule has 0 bridgehead atoms. The summed E-state index contributed by atoms with van der Waals surface area (Å²) in [4.78, 5) is 39.2. The molecule has 1 aromatic carbocycles. The van der Waals surface area contributed by atoms with Crippen LogP contribution in [0, 0.1) is 0 Å². The highest BCUT2D eigenvalue weighted by molar-refractivity contribution is 6.10. The highest BCUT2D eigenvalue weighted by Gasteiger charge is 2.35. The molecule has 0 aliphatic carbocycles. The Kier molecular flexibility index (Phi) is 3.65. The number of pyridine rings is 1. The van der Waals surface area contributed by atoms with Gasteiger partial charge in [0.2, 0.25) is 0 Å². The number of fused-ring (bicyclic) bond motifs is 1. The molecule has 0 N–H and O–H groups in total. The van der Waals surface area contributed by atoms with Crippen LogP contribution in [0.15, 0.2) is 42.3 Å². The first-order valence-electron chi connectivity index (χ1n) is 6.73. The fourth-order valence-corrected chi connectivity index (χ4v) is 2.19. The van der Waals surface area contributed by atoms with Crippen molar-refractivity contribution >= 4 is 35.3 Å². The number of aromatic nitrogens is 1. The molecule has 0 radical (unpaired) electrons. The van der Waals surface area contributed by atoms with Crippen LogP contribution >= 0.6 is 0 Å². The molecule has 1 aliphatic rings. The predicted octanol–water partition coefficient (Wildman–Crippen LogP) is 2.14.